The molecular weight excluding hydrogens is 291 g/mol. The van der Waals surface area contributed by atoms with Crippen molar-refractivity contribution in [3.05, 3.63) is 71.5 Å². The SMILES string of the molecule is O=C1CN(CCc2ccccc2)CCN1Cc1ccccc1F. The van der Waals surface area contributed by atoms with Gasteiger partial charge in [-0.3, -0.25) is 9.69 Å². The third-order valence-corrected chi connectivity index (χ3v) is 4.28. The zero-order chi connectivity index (χ0) is 16.1. The normalized spacial score (nSPS) is 15.9. The molecule has 1 saturated heterocycles. The summed E-state index contributed by atoms with van der Waals surface area (Å²) in [6.07, 6.45) is 0.946. The molecule has 0 saturated carbocycles. The highest BCUT2D eigenvalue weighted by atomic mass is 19.1. The molecule has 1 heterocycles. The number of carbonyl (C=O) groups is 1. The number of carbonyl (C=O) groups excluding carboxylic acids is 1. The van der Waals surface area contributed by atoms with E-state index in [-0.39, 0.29) is 11.7 Å². The number of benzene rings is 2. The fourth-order valence-corrected chi connectivity index (χ4v) is 2.88. The second-order valence-electron chi connectivity index (χ2n) is 5.92. The highest BCUT2D eigenvalue weighted by Gasteiger charge is 2.24. The average molecular weight is 312 g/mol. The van der Waals surface area contributed by atoms with E-state index in [1.165, 1.54) is 11.6 Å². The van der Waals surface area contributed by atoms with Gasteiger partial charge in [-0.25, -0.2) is 4.39 Å². The molecule has 0 aliphatic carbocycles. The first-order chi connectivity index (χ1) is 11.2. The van der Waals surface area contributed by atoms with Gasteiger partial charge in [0.1, 0.15) is 5.82 Å². The Balaban J connectivity index is 1.51. The second-order valence-corrected chi connectivity index (χ2v) is 5.92. The van der Waals surface area contributed by atoms with Gasteiger partial charge < -0.3 is 4.90 Å². The highest BCUT2D eigenvalue weighted by molar-refractivity contribution is 5.79. The third-order valence-electron chi connectivity index (χ3n) is 4.28. The Kier molecular flexibility index (Phi) is 5.03. The molecule has 2 aromatic carbocycles. The van der Waals surface area contributed by atoms with Crippen LogP contribution in [-0.2, 0) is 17.8 Å². The predicted molar refractivity (Wildman–Crippen MR) is 88.4 cm³/mol. The monoisotopic (exact) mass is 312 g/mol. The van der Waals surface area contributed by atoms with Crippen LogP contribution < -0.4 is 0 Å². The molecule has 1 fully saturated rings. The summed E-state index contributed by atoms with van der Waals surface area (Å²) in [6.45, 7) is 3.15. The molecule has 1 aliphatic rings. The second kappa shape index (κ2) is 7.38. The Morgan fingerprint density at radius 1 is 0.957 bits per heavy atom. The standard InChI is InChI=1S/C19H21FN2O/c20-18-9-5-4-8-17(18)14-22-13-12-21(15-19(22)23)11-10-16-6-2-1-3-7-16/h1-9H,10-15H2. The lowest BCUT2D eigenvalue weighted by Gasteiger charge is -2.34. The van der Waals surface area contributed by atoms with Gasteiger partial charge in [0.25, 0.3) is 0 Å². The first-order valence-electron chi connectivity index (χ1n) is 8.00. The van der Waals surface area contributed by atoms with Crippen LogP contribution in [-0.4, -0.2) is 41.9 Å². The minimum absolute atomic E-state index is 0.0764. The molecule has 1 amide bonds. The van der Waals surface area contributed by atoms with Crippen molar-refractivity contribution in [1.29, 1.82) is 0 Å². The fraction of sp³-hybridized carbons (Fsp3) is 0.316. The molecule has 1 aliphatic heterocycles. The van der Waals surface area contributed by atoms with Gasteiger partial charge in [0.15, 0.2) is 0 Å². The molecule has 0 N–H and O–H groups in total. The molecule has 3 nitrogen and oxygen atoms in total. The van der Waals surface area contributed by atoms with E-state index in [2.05, 4.69) is 17.0 Å². The van der Waals surface area contributed by atoms with Crippen LogP contribution in [0.2, 0.25) is 0 Å². The molecule has 120 valence electrons. The van der Waals surface area contributed by atoms with Crippen molar-refractivity contribution in [3.63, 3.8) is 0 Å². The highest BCUT2D eigenvalue weighted by Crippen LogP contribution is 2.13. The summed E-state index contributed by atoms with van der Waals surface area (Å²) in [5, 5.41) is 0. The molecular formula is C19H21FN2O. The van der Waals surface area contributed by atoms with Gasteiger partial charge in [-0.05, 0) is 18.1 Å². The van der Waals surface area contributed by atoms with Crippen molar-refractivity contribution in [2.24, 2.45) is 0 Å². The van der Waals surface area contributed by atoms with Crippen LogP contribution in [0, 0.1) is 5.82 Å². The average Bonchev–Trinajstić information content (AvgIpc) is 2.58. The third kappa shape index (κ3) is 4.17. The zero-order valence-corrected chi connectivity index (χ0v) is 13.1. The van der Waals surface area contributed by atoms with Crippen LogP contribution in [0.15, 0.2) is 54.6 Å². The maximum Gasteiger partial charge on any atom is 0.237 e. The lowest BCUT2D eigenvalue weighted by atomic mass is 10.1. The van der Waals surface area contributed by atoms with Crippen LogP contribution in [0.1, 0.15) is 11.1 Å². The number of piperazine rings is 1. The van der Waals surface area contributed by atoms with Gasteiger partial charge in [-0.1, -0.05) is 48.5 Å². The summed E-state index contributed by atoms with van der Waals surface area (Å²) >= 11 is 0. The molecule has 2 aromatic rings. The van der Waals surface area contributed by atoms with Gasteiger partial charge >= 0.3 is 0 Å². The Bertz CT molecular complexity index is 659. The summed E-state index contributed by atoms with van der Waals surface area (Å²) in [6, 6.07) is 16.9. The Morgan fingerprint density at radius 2 is 1.70 bits per heavy atom. The van der Waals surface area contributed by atoms with Crippen molar-refractivity contribution in [3.8, 4) is 0 Å². The van der Waals surface area contributed by atoms with Gasteiger partial charge in [0.2, 0.25) is 5.91 Å². The largest absolute Gasteiger partial charge is 0.336 e. The minimum Gasteiger partial charge on any atom is -0.336 e. The van der Waals surface area contributed by atoms with Gasteiger partial charge in [0, 0.05) is 31.7 Å². The number of rotatable bonds is 5. The van der Waals surface area contributed by atoms with Crippen LogP contribution in [0.25, 0.3) is 0 Å². The van der Waals surface area contributed by atoms with Crippen LogP contribution >= 0.6 is 0 Å². The van der Waals surface area contributed by atoms with E-state index < -0.39 is 0 Å². The van der Waals surface area contributed by atoms with E-state index in [1.54, 1.807) is 23.1 Å². The summed E-state index contributed by atoms with van der Waals surface area (Å²) in [5.41, 5.74) is 1.87. The fourth-order valence-electron chi connectivity index (χ4n) is 2.88. The smallest absolute Gasteiger partial charge is 0.237 e. The predicted octanol–water partition coefficient (Wildman–Crippen LogP) is 2.71. The van der Waals surface area contributed by atoms with Crippen molar-refractivity contribution < 1.29 is 9.18 Å². The van der Waals surface area contributed by atoms with E-state index in [0.29, 0.717) is 25.2 Å². The van der Waals surface area contributed by atoms with Gasteiger partial charge in [-0.15, -0.1) is 0 Å². The quantitative estimate of drug-likeness (QED) is 0.847. The van der Waals surface area contributed by atoms with E-state index in [1.807, 2.05) is 18.2 Å². The van der Waals surface area contributed by atoms with E-state index in [9.17, 15) is 9.18 Å². The van der Waals surface area contributed by atoms with Crippen molar-refractivity contribution in [2.45, 2.75) is 13.0 Å². The van der Waals surface area contributed by atoms with Crippen molar-refractivity contribution >= 4 is 5.91 Å². The summed E-state index contributed by atoms with van der Waals surface area (Å²) in [5.74, 6) is -0.167. The maximum absolute atomic E-state index is 13.7. The topological polar surface area (TPSA) is 23.6 Å². The molecule has 0 radical (unpaired) electrons. The first kappa shape index (κ1) is 15.7. The Labute approximate surface area is 136 Å². The van der Waals surface area contributed by atoms with E-state index >= 15 is 0 Å². The van der Waals surface area contributed by atoms with Crippen molar-refractivity contribution in [2.75, 3.05) is 26.2 Å². The van der Waals surface area contributed by atoms with E-state index in [0.717, 1.165) is 19.5 Å². The molecule has 0 unspecified atom stereocenters. The summed E-state index contributed by atoms with van der Waals surface area (Å²) in [4.78, 5) is 16.2. The number of halogens is 1. The van der Waals surface area contributed by atoms with Crippen molar-refractivity contribution in [1.82, 2.24) is 9.80 Å². The van der Waals surface area contributed by atoms with E-state index in [4.69, 9.17) is 0 Å². The molecule has 3 rings (SSSR count). The molecule has 0 atom stereocenters. The van der Waals surface area contributed by atoms with Crippen LogP contribution in [0.5, 0.6) is 0 Å². The Morgan fingerprint density at radius 3 is 2.43 bits per heavy atom. The molecule has 4 heteroatoms. The maximum atomic E-state index is 13.7. The lowest BCUT2D eigenvalue weighted by molar-refractivity contribution is -0.136. The van der Waals surface area contributed by atoms with Crippen LogP contribution in [0.4, 0.5) is 4.39 Å². The number of amides is 1. The molecule has 0 bridgehead atoms. The molecule has 0 aromatic heterocycles. The van der Waals surface area contributed by atoms with Crippen LogP contribution in [0.3, 0.4) is 0 Å². The Hall–Kier alpha value is -2.20. The lowest BCUT2D eigenvalue weighted by Crippen LogP contribution is -2.50. The minimum atomic E-state index is -0.244. The summed E-state index contributed by atoms with van der Waals surface area (Å²) < 4.78 is 13.7. The number of nitrogens with zero attached hydrogens (tertiary/aromatic N) is 2. The van der Waals surface area contributed by atoms with Gasteiger partial charge in [-0.2, -0.15) is 0 Å². The summed E-state index contributed by atoms with van der Waals surface area (Å²) in [7, 11) is 0. The van der Waals surface area contributed by atoms with Gasteiger partial charge in [0.05, 0.1) is 6.54 Å². The molecule has 0 spiro atoms. The first-order valence-corrected chi connectivity index (χ1v) is 8.00. The molecule has 23 heavy (non-hydrogen) atoms. The number of hydrogen-bond acceptors (Lipinski definition) is 2. The number of hydrogen-bond donors (Lipinski definition) is 0. The zero-order valence-electron chi connectivity index (χ0n) is 13.1.